The van der Waals surface area contributed by atoms with Crippen LogP contribution in [0.5, 0.6) is 5.75 Å². The van der Waals surface area contributed by atoms with Crippen molar-refractivity contribution in [1.82, 2.24) is 0 Å². The van der Waals surface area contributed by atoms with Gasteiger partial charge in [-0.15, -0.1) is 0 Å². The van der Waals surface area contributed by atoms with Gasteiger partial charge in [0.1, 0.15) is 5.75 Å². The van der Waals surface area contributed by atoms with Crippen molar-refractivity contribution in [2.24, 2.45) is 5.92 Å². The molecular weight excluding hydrogens is 242 g/mol. The second kappa shape index (κ2) is 6.06. The fraction of sp³-hybridized carbons (Fsp3) is 0.533. The van der Waals surface area contributed by atoms with Crippen LogP contribution in [-0.2, 0) is 9.53 Å². The van der Waals surface area contributed by atoms with Crippen molar-refractivity contribution in [2.75, 3.05) is 24.7 Å². The first kappa shape index (κ1) is 13.9. The van der Waals surface area contributed by atoms with Gasteiger partial charge in [-0.1, -0.05) is 6.07 Å². The smallest absolute Gasteiger partial charge is 0.232 e. The fourth-order valence-corrected chi connectivity index (χ4v) is 2.49. The second-order valence-electron chi connectivity index (χ2n) is 4.97. The average Bonchev–Trinajstić information content (AvgIpc) is 2.44. The van der Waals surface area contributed by atoms with E-state index in [1.165, 1.54) is 0 Å². The van der Waals surface area contributed by atoms with E-state index in [1.54, 1.807) is 17.0 Å². The number of benzene rings is 1. The molecule has 1 aromatic carbocycles. The summed E-state index contributed by atoms with van der Waals surface area (Å²) >= 11 is 0. The monoisotopic (exact) mass is 263 g/mol. The van der Waals surface area contributed by atoms with Crippen LogP contribution < -0.4 is 4.90 Å². The van der Waals surface area contributed by atoms with E-state index in [0.717, 1.165) is 30.7 Å². The normalized spacial score (nSPS) is 19.2. The van der Waals surface area contributed by atoms with Gasteiger partial charge in [0.05, 0.1) is 18.2 Å². The van der Waals surface area contributed by atoms with Crippen molar-refractivity contribution < 1.29 is 14.6 Å². The molecule has 0 bridgehead atoms. The molecule has 0 radical (unpaired) electrons. The number of amides is 1. The molecule has 4 heteroatoms. The molecule has 19 heavy (non-hydrogen) atoms. The number of hydrogen-bond donors (Lipinski definition) is 1. The molecule has 0 spiro atoms. The molecule has 1 heterocycles. The number of hydrogen-bond acceptors (Lipinski definition) is 3. The average molecular weight is 263 g/mol. The number of aromatic hydroxyl groups is 1. The summed E-state index contributed by atoms with van der Waals surface area (Å²) in [5.74, 6) is 0.220. The van der Waals surface area contributed by atoms with Gasteiger partial charge in [0, 0.05) is 19.2 Å². The molecule has 104 valence electrons. The minimum atomic E-state index is -0.0598. The Morgan fingerprint density at radius 2 is 2.32 bits per heavy atom. The summed E-state index contributed by atoms with van der Waals surface area (Å²) in [6, 6.07) is 5.12. The maximum atomic E-state index is 12.6. The van der Waals surface area contributed by atoms with E-state index in [2.05, 4.69) is 0 Å². The van der Waals surface area contributed by atoms with E-state index in [-0.39, 0.29) is 17.6 Å². The van der Waals surface area contributed by atoms with Crippen LogP contribution >= 0.6 is 0 Å². The number of ether oxygens (including phenoxy) is 1. The van der Waals surface area contributed by atoms with E-state index < -0.39 is 0 Å². The van der Waals surface area contributed by atoms with Crippen LogP contribution in [0.15, 0.2) is 18.2 Å². The molecule has 0 saturated carbocycles. The van der Waals surface area contributed by atoms with Gasteiger partial charge in [0.15, 0.2) is 0 Å². The molecule has 1 atom stereocenters. The SMILES string of the molecule is CCN(C(=O)C1CCCOC1)c1cc(O)ccc1C. The third kappa shape index (κ3) is 3.07. The van der Waals surface area contributed by atoms with E-state index >= 15 is 0 Å². The van der Waals surface area contributed by atoms with Crippen molar-refractivity contribution >= 4 is 11.6 Å². The van der Waals surface area contributed by atoms with Gasteiger partial charge in [-0.05, 0) is 38.3 Å². The van der Waals surface area contributed by atoms with Gasteiger partial charge < -0.3 is 14.7 Å². The number of aryl methyl sites for hydroxylation is 1. The van der Waals surface area contributed by atoms with Gasteiger partial charge in [0.25, 0.3) is 0 Å². The molecule has 1 aliphatic heterocycles. The zero-order valence-electron chi connectivity index (χ0n) is 11.6. The molecule has 1 unspecified atom stereocenters. The number of anilines is 1. The number of rotatable bonds is 3. The predicted octanol–water partition coefficient (Wildman–Crippen LogP) is 2.48. The second-order valence-corrected chi connectivity index (χ2v) is 4.97. The van der Waals surface area contributed by atoms with Crippen LogP contribution in [0.4, 0.5) is 5.69 Å². The largest absolute Gasteiger partial charge is 0.508 e. The van der Waals surface area contributed by atoms with Crippen LogP contribution in [0.1, 0.15) is 25.3 Å². The van der Waals surface area contributed by atoms with Crippen molar-refractivity contribution in [3.8, 4) is 5.75 Å². The number of carbonyl (C=O) groups excluding carboxylic acids is 1. The first-order chi connectivity index (χ1) is 9.13. The molecule has 1 N–H and O–H groups in total. The maximum Gasteiger partial charge on any atom is 0.232 e. The van der Waals surface area contributed by atoms with E-state index in [1.807, 2.05) is 19.9 Å². The van der Waals surface area contributed by atoms with Gasteiger partial charge in [0.2, 0.25) is 5.91 Å². The number of carbonyl (C=O) groups is 1. The lowest BCUT2D eigenvalue weighted by atomic mass is 10.00. The van der Waals surface area contributed by atoms with Crippen LogP contribution in [0.2, 0.25) is 0 Å². The highest BCUT2D eigenvalue weighted by Crippen LogP contribution is 2.27. The Kier molecular flexibility index (Phi) is 4.43. The fourth-order valence-electron chi connectivity index (χ4n) is 2.49. The zero-order valence-corrected chi connectivity index (χ0v) is 11.6. The van der Waals surface area contributed by atoms with Gasteiger partial charge in [-0.25, -0.2) is 0 Å². The Balaban J connectivity index is 2.23. The number of phenols is 1. The highest BCUT2D eigenvalue weighted by molar-refractivity contribution is 5.96. The van der Waals surface area contributed by atoms with Gasteiger partial charge >= 0.3 is 0 Å². The number of phenolic OH excluding ortho intramolecular Hbond substituents is 1. The molecule has 0 aliphatic carbocycles. The lowest BCUT2D eigenvalue weighted by Crippen LogP contribution is -2.39. The topological polar surface area (TPSA) is 49.8 Å². The Hall–Kier alpha value is -1.55. The molecule has 1 saturated heterocycles. The number of nitrogens with zero attached hydrogens (tertiary/aromatic N) is 1. The first-order valence-electron chi connectivity index (χ1n) is 6.82. The summed E-state index contributed by atoms with van der Waals surface area (Å²) in [6.45, 7) is 5.75. The van der Waals surface area contributed by atoms with Crippen LogP contribution in [0.25, 0.3) is 0 Å². The summed E-state index contributed by atoms with van der Waals surface area (Å²) < 4.78 is 5.39. The summed E-state index contributed by atoms with van der Waals surface area (Å²) in [5, 5.41) is 9.61. The molecule has 0 aromatic heterocycles. The molecule has 1 aromatic rings. The Bertz CT molecular complexity index is 453. The third-order valence-electron chi connectivity index (χ3n) is 3.58. The van der Waals surface area contributed by atoms with E-state index in [0.29, 0.717) is 13.2 Å². The molecule has 1 fully saturated rings. The van der Waals surface area contributed by atoms with Crippen LogP contribution in [0.3, 0.4) is 0 Å². The van der Waals surface area contributed by atoms with Gasteiger partial charge in [-0.3, -0.25) is 4.79 Å². The van der Waals surface area contributed by atoms with Crippen molar-refractivity contribution in [2.45, 2.75) is 26.7 Å². The zero-order chi connectivity index (χ0) is 13.8. The van der Waals surface area contributed by atoms with Crippen molar-refractivity contribution in [1.29, 1.82) is 0 Å². The van der Waals surface area contributed by atoms with Crippen molar-refractivity contribution in [3.63, 3.8) is 0 Å². The van der Waals surface area contributed by atoms with E-state index in [9.17, 15) is 9.90 Å². The van der Waals surface area contributed by atoms with Crippen LogP contribution in [-0.4, -0.2) is 30.8 Å². The minimum Gasteiger partial charge on any atom is -0.508 e. The summed E-state index contributed by atoms with van der Waals surface area (Å²) in [4.78, 5) is 14.3. The van der Waals surface area contributed by atoms with E-state index in [4.69, 9.17) is 4.74 Å². The van der Waals surface area contributed by atoms with Crippen molar-refractivity contribution in [3.05, 3.63) is 23.8 Å². The van der Waals surface area contributed by atoms with Crippen LogP contribution in [0, 0.1) is 12.8 Å². The molecule has 2 rings (SSSR count). The third-order valence-corrected chi connectivity index (χ3v) is 3.58. The standard InChI is InChI=1S/C15H21NO3/c1-3-16(14-9-13(17)7-6-11(14)2)15(18)12-5-4-8-19-10-12/h6-7,9,12,17H,3-5,8,10H2,1-2H3. The molecular formula is C15H21NO3. The molecule has 1 amide bonds. The Labute approximate surface area is 114 Å². The Morgan fingerprint density at radius 3 is 2.95 bits per heavy atom. The first-order valence-corrected chi connectivity index (χ1v) is 6.82. The lowest BCUT2D eigenvalue weighted by molar-refractivity contribution is -0.126. The highest BCUT2D eigenvalue weighted by Gasteiger charge is 2.27. The minimum absolute atomic E-state index is 0.0598. The Morgan fingerprint density at radius 1 is 1.53 bits per heavy atom. The lowest BCUT2D eigenvalue weighted by Gasteiger charge is -2.29. The molecule has 4 nitrogen and oxygen atoms in total. The maximum absolute atomic E-state index is 12.6. The van der Waals surface area contributed by atoms with Gasteiger partial charge in [-0.2, -0.15) is 0 Å². The quantitative estimate of drug-likeness (QED) is 0.911. The summed E-state index contributed by atoms with van der Waals surface area (Å²) in [5.41, 5.74) is 1.78. The molecule has 1 aliphatic rings. The summed E-state index contributed by atoms with van der Waals surface area (Å²) in [6.07, 6.45) is 1.82. The summed E-state index contributed by atoms with van der Waals surface area (Å²) in [7, 11) is 0. The predicted molar refractivity (Wildman–Crippen MR) is 74.4 cm³/mol. The highest BCUT2D eigenvalue weighted by atomic mass is 16.5.